The van der Waals surface area contributed by atoms with E-state index in [1.165, 1.54) is 25.3 Å². The van der Waals surface area contributed by atoms with E-state index in [0.717, 1.165) is 5.01 Å². The highest BCUT2D eigenvalue weighted by Gasteiger charge is 2.38. The minimum Gasteiger partial charge on any atom is -0.497 e. The van der Waals surface area contributed by atoms with Crippen molar-refractivity contribution in [3.63, 3.8) is 0 Å². The zero-order valence-corrected chi connectivity index (χ0v) is 15.8. The number of carboxylic acid groups (broad SMARTS) is 1. The Bertz CT molecular complexity index is 978. The van der Waals surface area contributed by atoms with E-state index in [1.54, 1.807) is 6.07 Å². The summed E-state index contributed by atoms with van der Waals surface area (Å²) in [5.74, 6) is -0.929. The molecule has 0 saturated heterocycles. The predicted molar refractivity (Wildman–Crippen MR) is 101 cm³/mol. The standard InChI is InChI=1S/C17H15F3N4O7/c1-31-12-4-2-3-11(9-12)22(6-5-15(25)26)21-16-13(23(27)28)7-10(17(18,19)20)8-14(16)24(29)30/h2-4,7-9,21H,5-6H2,1H3,(H,25,26). The number of hydrogen-bond acceptors (Lipinski definition) is 8. The number of nitrogens with one attached hydrogen (secondary N) is 1. The number of nitro benzene ring substituents is 2. The minimum atomic E-state index is -5.07. The van der Waals surface area contributed by atoms with Gasteiger partial charge in [0.2, 0.25) is 5.69 Å². The second kappa shape index (κ2) is 9.15. The summed E-state index contributed by atoms with van der Waals surface area (Å²) < 4.78 is 44.3. The first-order valence-corrected chi connectivity index (χ1v) is 8.38. The van der Waals surface area contributed by atoms with Gasteiger partial charge in [0.05, 0.1) is 34.6 Å². The predicted octanol–water partition coefficient (Wildman–Crippen LogP) is 3.84. The molecule has 0 unspecified atom stereocenters. The largest absolute Gasteiger partial charge is 0.497 e. The van der Waals surface area contributed by atoms with Crippen LogP contribution in [0.3, 0.4) is 0 Å². The van der Waals surface area contributed by atoms with Crippen LogP contribution in [0.5, 0.6) is 5.75 Å². The highest BCUT2D eigenvalue weighted by molar-refractivity contribution is 5.77. The van der Waals surface area contributed by atoms with Gasteiger partial charge in [-0.3, -0.25) is 35.5 Å². The third kappa shape index (κ3) is 5.71. The smallest absolute Gasteiger partial charge is 0.416 e. The number of halogens is 3. The molecule has 2 N–H and O–H groups in total. The molecule has 2 aromatic carbocycles. The summed E-state index contributed by atoms with van der Waals surface area (Å²) in [6.45, 7) is -0.335. The number of nitrogens with zero attached hydrogens (tertiary/aromatic N) is 3. The SMILES string of the molecule is COc1cccc(N(CCC(=O)O)Nc2c([N+](=O)[O-])cc(C(F)(F)F)cc2[N+](=O)[O-])c1. The Morgan fingerprint density at radius 2 is 1.74 bits per heavy atom. The molecule has 0 atom stereocenters. The van der Waals surface area contributed by atoms with Crippen LogP contribution in [-0.2, 0) is 11.0 Å². The van der Waals surface area contributed by atoms with Crippen molar-refractivity contribution in [2.45, 2.75) is 12.6 Å². The monoisotopic (exact) mass is 444 g/mol. The van der Waals surface area contributed by atoms with Gasteiger partial charge < -0.3 is 9.84 Å². The van der Waals surface area contributed by atoms with Crippen molar-refractivity contribution >= 4 is 28.7 Å². The summed E-state index contributed by atoms with van der Waals surface area (Å²) in [6.07, 6.45) is -5.56. The molecule has 0 heterocycles. The van der Waals surface area contributed by atoms with Gasteiger partial charge in [0.25, 0.3) is 0 Å². The first-order chi connectivity index (χ1) is 14.4. The molecule has 0 bridgehead atoms. The highest BCUT2D eigenvalue weighted by atomic mass is 19.4. The zero-order valence-electron chi connectivity index (χ0n) is 15.8. The number of carboxylic acids is 1. The highest BCUT2D eigenvalue weighted by Crippen LogP contribution is 2.41. The molecule has 0 aliphatic heterocycles. The maximum Gasteiger partial charge on any atom is 0.416 e. The average molecular weight is 444 g/mol. The normalized spacial score (nSPS) is 11.0. The lowest BCUT2D eigenvalue weighted by Crippen LogP contribution is -2.33. The Hall–Kier alpha value is -4.10. The van der Waals surface area contributed by atoms with Crippen LogP contribution in [0.1, 0.15) is 12.0 Å². The number of hydrazine groups is 1. The fraction of sp³-hybridized carbons (Fsp3) is 0.235. The molecule has 0 fully saturated rings. The summed E-state index contributed by atoms with van der Waals surface area (Å²) in [7, 11) is 1.35. The fourth-order valence-electron chi connectivity index (χ4n) is 2.55. The van der Waals surface area contributed by atoms with Crippen molar-refractivity contribution in [3.05, 3.63) is 62.2 Å². The number of rotatable bonds is 9. The quantitative estimate of drug-likeness (QED) is 0.435. The average Bonchev–Trinajstić information content (AvgIpc) is 2.69. The van der Waals surface area contributed by atoms with Crippen LogP contribution in [0.4, 0.5) is 35.9 Å². The van der Waals surface area contributed by atoms with E-state index in [0.29, 0.717) is 5.75 Å². The van der Waals surface area contributed by atoms with E-state index >= 15 is 0 Å². The molecule has 0 spiro atoms. The van der Waals surface area contributed by atoms with Crippen molar-refractivity contribution in [2.75, 3.05) is 24.1 Å². The number of benzene rings is 2. The Morgan fingerprint density at radius 3 is 2.19 bits per heavy atom. The summed E-state index contributed by atoms with van der Waals surface area (Å²) in [4.78, 5) is 31.4. The first kappa shape index (κ1) is 23.2. The molecule has 11 nitrogen and oxygen atoms in total. The molecule has 14 heteroatoms. The number of carbonyl (C=O) groups is 1. The number of ether oxygens (including phenoxy) is 1. The number of alkyl halides is 3. The molecule has 2 aromatic rings. The Labute approximate surface area is 171 Å². The molecule has 2 rings (SSSR count). The van der Waals surface area contributed by atoms with E-state index in [4.69, 9.17) is 9.84 Å². The van der Waals surface area contributed by atoms with E-state index in [2.05, 4.69) is 5.43 Å². The van der Waals surface area contributed by atoms with Crippen LogP contribution < -0.4 is 15.2 Å². The first-order valence-electron chi connectivity index (χ1n) is 8.38. The molecule has 0 amide bonds. The second-order valence-electron chi connectivity index (χ2n) is 6.01. The van der Waals surface area contributed by atoms with Gasteiger partial charge in [-0.1, -0.05) is 6.07 Å². The topological polar surface area (TPSA) is 148 Å². The van der Waals surface area contributed by atoms with E-state index < -0.39 is 51.0 Å². The van der Waals surface area contributed by atoms with Gasteiger partial charge in [0.1, 0.15) is 5.75 Å². The van der Waals surface area contributed by atoms with E-state index in [-0.39, 0.29) is 24.4 Å². The van der Waals surface area contributed by atoms with Gasteiger partial charge in [-0.25, -0.2) is 0 Å². The van der Waals surface area contributed by atoms with Gasteiger partial charge in [-0.2, -0.15) is 13.2 Å². The molecule has 166 valence electrons. The van der Waals surface area contributed by atoms with Gasteiger partial charge in [0, 0.05) is 24.7 Å². The number of hydrogen-bond donors (Lipinski definition) is 2. The molecule has 31 heavy (non-hydrogen) atoms. The van der Waals surface area contributed by atoms with Gasteiger partial charge >= 0.3 is 23.5 Å². The second-order valence-corrected chi connectivity index (χ2v) is 6.01. The Kier molecular flexibility index (Phi) is 6.84. The molecular weight excluding hydrogens is 429 g/mol. The Balaban J connectivity index is 2.64. The van der Waals surface area contributed by atoms with Crippen LogP contribution in [-0.4, -0.2) is 34.6 Å². The number of anilines is 2. The maximum atomic E-state index is 13.1. The van der Waals surface area contributed by atoms with Gasteiger partial charge in [-0.15, -0.1) is 0 Å². The van der Waals surface area contributed by atoms with E-state index in [1.807, 2.05) is 0 Å². The summed E-state index contributed by atoms with van der Waals surface area (Å²) in [5.41, 5.74) is -2.28. The third-order valence-electron chi connectivity index (χ3n) is 3.98. The van der Waals surface area contributed by atoms with Crippen LogP contribution >= 0.6 is 0 Å². The van der Waals surface area contributed by atoms with Crippen LogP contribution in [0.15, 0.2) is 36.4 Å². The number of nitro groups is 2. The van der Waals surface area contributed by atoms with Crippen molar-refractivity contribution in [1.29, 1.82) is 0 Å². The molecule has 0 aromatic heterocycles. The van der Waals surface area contributed by atoms with Crippen LogP contribution in [0, 0.1) is 20.2 Å². The fourth-order valence-corrected chi connectivity index (χ4v) is 2.55. The molecular formula is C17H15F3N4O7. The minimum absolute atomic E-state index is 0.163. The van der Waals surface area contributed by atoms with E-state index in [9.17, 15) is 38.2 Å². The third-order valence-corrected chi connectivity index (χ3v) is 3.98. The lowest BCUT2D eigenvalue weighted by molar-refractivity contribution is -0.392. The molecule has 0 saturated carbocycles. The van der Waals surface area contributed by atoms with Crippen molar-refractivity contribution < 1.29 is 37.7 Å². The molecule has 0 aliphatic carbocycles. The van der Waals surface area contributed by atoms with Gasteiger partial charge in [0.15, 0.2) is 0 Å². The maximum absolute atomic E-state index is 13.1. The molecule has 0 aliphatic rings. The number of aliphatic carboxylic acids is 1. The summed E-state index contributed by atoms with van der Waals surface area (Å²) >= 11 is 0. The van der Waals surface area contributed by atoms with Crippen molar-refractivity contribution in [3.8, 4) is 5.75 Å². The lowest BCUT2D eigenvalue weighted by atomic mass is 10.1. The van der Waals surface area contributed by atoms with Crippen molar-refractivity contribution in [1.82, 2.24) is 0 Å². The number of methoxy groups -OCH3 is 1. The van der Waals surface area contributed by atoms with Crippen LogP contribution in [0.2, 0.25) is 0 Å². The van der Waals surface area contributed by atoms with Crippen LogP contribution in [0.25, 0.3) is 0 Å². The molecule has 0 radical (unpaired) electrons. The lowest BCUT2D eigenvalue weighted by Gasteiger charge is -2.26. The van der Waals surface area contributed by atoms with Gasteiger partial charge in [-0.05, 0) is 12.1 Å². The van der Waals surface area contributed by atoms with Crippen molar-refractivity contribution in [2.24, 2.45) is 0 Å². The zero-order chi connectivity index (χ0) is 23.3. The summed E-state index contributed by atoms with van der Waals surface area (Å²) in [5, 5.41) is 32.8. The Morgan fingerprint density at radius 1 is 1.16 bits per heavy atom. The summed E-state index contributed by atoms with van der Waals surface area (Å²) in [6, 6.07) is 6.21.